The van der Waals surface area contributed by atoms with E-state index in [2.05, 4.69) is 55.8 Å². The van der Waals surface area contributed by atoms with Crippen molar-refractivity contribution < 1.29 is 9.59 Å². The van der Waals surface area contributed by atoms with Crippen molar-refractivity contribution in [3.63, 3.8) is 0 Å². The molecule has 0 saturated heterocycles. The van der Waals surface area contributed by atoms with Crippen LogP contribution < -0.4 is 10.6 Å². The van der Waals surface area contributed by atoms with Crippen molar-refractivity contribution in [1.29, 1.82) is 0 Å². The number of halogens is 2. The molecule has 2 rings (SSSR count). The highest BCUT2D eigenvalue weighted by atomic mass is 127. The van der Waals surface area contributed by atoms with Crippen LogP contribution in [0.25, 0.3) is 0 Å². The Hall–Kier alpha value is -1.16. The van der Waals surface area contributed by atoms with Crippen LogP contribution in [0.3, 0.4) is 0 Å². The zero-order valence-electron chi connectivity index (χ0n) is 14.4. The average molecular weight is 576 g/mol. The molecule has 2 N–H and O–H groups in total. The van der Waals surface area contributed by atoms with Crippen LogP contribution in [0.2, 0.25) is 0 Å². The Kier molecular flexibility index (Phi) is 9.38. The van der Waals surface area contributed by atoms with Crippen LogP contribution in [-0.2, 0) is 0 Å². The predicted octanol–water partition coefficient (Wildman–Crippen LogP) is 4.62. The van der Waals surface area contributed by atoms with E-state index in [9.17, 15) is 9.59 Å². The molecule has 0 bridgehead atoms. The van der Waals surface area contributed by atoms with Crippen LogP contribution in [0.1, 0.15) is 46.4 Å². The van der Waals surface area contributed by atoms with Crippen LogP contribution in [0, 0.1) is 7.14 Å². The highest BCUT2D eigenvalue weighted by Gasteiger charge is 2.09. The molecule has 0 aliphatic heterocycles. The van der Waals surface area contributed by atoms with Gasteiger partial charge in [0.25, 0.3) is 11.8 Å². The number of rotatable bonds is 9. The normalized spacial score (nSPS) is 10.4. The fourth-order valence-electron chi connectivity index (χ4n) is 2.49. The third-order valence-corrected chi connectivity index (χ3v) is 5.79. The van der Waals surface area contributed by atoms with Crippen LogP contribution in [0.5, 0.6) is 0 Å². The lowest BCUT2D eigenvalue weighted by molar-refractivity contribution is 0.0942. The summed E-state index contributed by atoms with van der Waals surface area (Å²) in [5, 5.41) is 5.92. The summed E-state index contributed by atoms with van der Waals surface area (Å²) in [6.07, 6.45) is 3.95. The van der Waals surface area contributed by atoms with Gasteiger partial charge < -0.3 is 10.6 Å². The number of nitrogens with one attached hydrogen (secondary N) is 2. The lowest BCUT2D eigenvalue weighted by Gasteiger charge is -2.08. The van der Waals surface area contributed by atoms with Gasteiger partial charge in [0, 0.05) is 20.2 Å². The van der Waals surface area contributed by atoms with Gasteiger partial charge >= 0.3 is 0 Å². The molecule has 0 aromatic heterocycles. The van der Waals surface area contributed by atoms with Crippen molar-refractivity contribution in [1.82, 2.24) is 10.6 Å². The lowest BCUT2D eigenvalue weighted by Crippen LogP contribution is -2.26. The van der Waals surface area contributed by atoms with Gasteiger partial charge in [-0.05, 0) is 82.3 Å². The molecule has 2 amide bonds. The molecule has 0 heterocycles. The predicted molar refractivity (Wildman–Crippen MR) is 121 cm³/mol. The fraction of sp³-hybridized carbons (Fsp3) is 0.300. The van der Waals surface area contributed by atoms with Crippen molar-refractivity contribution in [3.05, 3.63) is 66.8 Å². The maximum Gasteiger partial charge on any atom is 0.252 e. The molecule has 0 fully saturated rings. The molecule has 4 nitrogen and oxygen atoms in total. The minimum absolute atomic E-state index is 0.0141. The quantitative estimate of drug-likeness (QED) is 0.339. The monoisotopic (exact) mass is 576 g/mol. The van der Waals surface area contributed by atoms with Gasteiger partial charge in [0.1, 0.15) is 0 Å². The Morgan fingerprint density at radius 3 is 1.42 bits per heavy atom. The molecule has 0 aliphatic carbocycles. The topological polar surface area (TPSA) is 58.2 Å². The van der Waals surface area contributed by atoms with Crippen LogP contribution in [0.4, 0.5) is 0 Å². The fourth-order valence-corrected chi connectivity index (χ4v) is 3.75. The van der Waals surface area contributed by atoms with Crippen molar-refractivity contribution in [3.8, 4) is 0 Å². The molecule has 26 heavy (non-hydrogen) atoms. The van der Waals surface area contributed by atoms with Crippen molar-refractivity contribution in [2.45, 2.75) is 25.7 Å². The Morgan fingerprint density at radius 2 is 1.04 bits per heavy atom. The van der Waals surface area contributed by atoms with E-state index < -0.39 is 0 Å². The maximum atomic E-state index is 12.1. The van der Waals surface area contributed by atoms with E-state index in [0.29, 0.717) is 13.1 Å². The largest absolute Gasteiger partial charge is 0.352 e. The Morgan fingerprint density at radius 1 is 0.654 bits per heavy atom. The molecular formula is C20H22I2N2O2. The first-order valence-corrected chi connectivity index (χ1v) is 10.8. The summed E-state index contributed by atoms with van der Waals surface area (Å²) >= 11 is 4.35. The number of benzene rings is 2. The van der Waals surface area contributed by atoms with Gasteiger partial charge in [-0.25, -0.2) is 0 Å². The Labute approximate surface area is 181 Å². The van der Waals surface area contributed by atoms with Crippen LogP contribution in [-0.4, -0.2) is 24.9 Å². The van der Waals surface area contributed by atoms with Gasteiger partial charge in [0.15, 0.2) is 0 Å². The summed E-state index contributed by atoms with van der Waals surface area (Å²) in [6.45, 7) is 1.36. The molecule has 0 saturated carbocycles. The van der Waals surface area contributed by atoms with Gasteiger partial charge in [-0.2, -0.15) is 0 Å². The zero-order chi connectivity index (χ0) is 18.8. The maximum absolute atomic E-state index is 12.1. The summed E-state index contributed by atoms with van der Waals surface area (Å²) in [5.41, 5.74) is 1.46. The minimum Gasteiger partial charge on any atom is -0.352 e. The summed E-state index contributed by atoms with van der Waals surface area (Å²) < 4.78 is 1.93. The summed E-state index contributed by atoms with van der Waals surface area (Å²) in [4.78, 5) is 24.1. The number of hydrogen-bond acceptors (Lipinski definition) is 2. The van der Waals surface area contributed by atoms with Gasteiger partial charge in [0.2, 0.25) is 0 Å². The average Bonchev–Trinajstić information content (AvgIpc) is 2.64. The number of carbonyl (C=O) groups is 2. The third-order valence-electron chi connectivity index (χ3n) is 3.91. The number of amides is 2. The Balaban J connectivity index is 1.55. The zero-order valence-corrected chi connectivity index (χ0v) is 18.7. The molecule has 0 spiro atoms. The molecule has 2 aromatic carbocycles. The van der Waals surface area contributed by atoms with Gasteiger partial charge in [0.05, 0.1) is 11.1 Å². The first-order chi connectivity index (χ1) is 12.6. The molecule has 138 valence electrons. The van der Waals surface area contributed by atoms with Crippen molar-refractivity contribution in [2.75, 3.05) is 13.1 Å². The van der Waals surface area contributed by atoms with Gasteiger partial charge in [-0.1, -0.05) is 37.1 Å². The number of unbranched alkanes of at least 4 members (excludes halogenated alkanes) is 3. The molecule has 0 aliphatic rings. The van der Waals surface area contributed by atoms with E-state index in [1.54, 1.807) is 0 Å². The van der Waals surface area contributed by atoms with Crippen molar-refractivity contribution in [2.24, 2.45) is 0 Å². The second kappa shape index (κ2) is 11.5. The summed E-state index contributed by atoms with van der Waals surface area (Å²) in [7, 11) is 0. The lowest BCUT2D eigenvalue weighted by atomic mass is 10.1. The van der Waals surface area contributed by atoms with E-state index in [1.165, 1.54) is 0 Å². The standard InChI is InChI=1S/C20H22I2N2O2/c21-17-11-5-3-9-15(17)19(25)23-13-7-1-2-8-14-24-20(26)16-10-4-6-12-18(16)22/h3-6,9-12H,1-2,7-8,13-14H2,(H,23,25)(H,24,26). The molecule has 0 unspecified atom stereocenters. The number of hydrogen-bond donors (Lipinski definition) is 2. The summed E-state index contributed by atoms with van der Waals surface area (Å²) in [6, 6.07) is 15.2. The van der Waals surface area contributed by atoms with E-state index in [1.807, 2.05) is 48.5 Å². The second-order valence-corrected chi connectivity index (χ2v) is 8.21. The minimum atomic E-state index is -0.0141. The smallest absolute Gasteiger partial charge is 0.252 e. The molecule has 6 heteroatoms. The van der Waals surface area contributed by atoms with Gasteiger partial charge in [-0.3, -0.25) is 9.59 Å². The highest BCUT2D eigenvalue weighted by Crippen LogP contribution is 2.12. The Bertz CT molecular complexity index is 687. The first kappa shape index (κ1) is 21.1. The molecule has 2 aromatic rings. The van der Waals surface area contributed by atoms with Crippen LogP contribution in [0.15, 0.2) is 48.5 Å². The second-order valence-electron chi connectivity index (χ2n) is 5.89. The molecular weight excluding hydrogens is 554 g/mol. The molecule has 0 atom stereocenters. The summed E-state index contributed by atoms with van der Waals surface area (Å²) in [5.74, 6) is -0.0283. The van der Waals surface area contributed by atoms with E-state index in [4.69, 9.17) is 0 Å². The number of carbonyl (C=O) groups excluding carboxylic acids is 2. The molecule has 0 radical (unpaired) electrons. The van der Waals surface area contributed by atoms with E-state index in [0.717, 1.165) is 44.0 Å². The van der Waals surface area contributed by atoms with E-state index >= 15 is 0 Å². The highest BCUT2D eigenvalue weighted by molar-refractivity contribution is 14.1. The van der Waals surface area contributed by atoms with Gasteiger partial charge in [-0.15, -0.1) is 0 Å². The first-order valence-electron chi connectivity index (χ1n) is 8.65. The third kappa shape index (κ3) is 6.86. The van der Waals surface area contributed by atoms with Crippen LogP contribution >= 0.6 is 45.2 Å². The van der Waals surface area contributed by atoms with E-state index in [-0.39, 0.29) is 11.8 Å². The van der Waals surface area contributed by atoms with Crippen molar-refractivity contribution >= 4 is 57.0 Å². The SMILES string of the molecule is O=C(NCCCCCCNC(=O)c1ccccc1I)c1ccccc1I.